The molecule has 0 bridgehead atoms. The topological polar surface area (TPSA) is 75.7 Å². The van der Waals surface area contributed by atoms with Gasteiger partial charge in [-0.05, 0) is 38.0 Å². The maximum Gasteiger partial charge on any atom is 0.317 e. The van der Waals surface area contributed by atoms with Gasteiger partial charge in [0.05, 0.1) is 16.8 Å². The van der Waals surface area contributed by atoms with Crippen molar-refractivity contribution in [3.05, 3.63) is 59.9 Å². The van der Waals surface area contributed by atoms with Gasteiger partial charge in [0.25, 0.3) is 5.91 Å². The third-order valence-corrected chi connectivity index (χ3v) is 5.91. The Bertz CT molecular complexity index is 1000. The molecule has 1 heterocycles. The van der Waals surface area contributed by atoms with Gasteiger partial charge in [0.1, 0.15) is 12.4 Å². The van der Waals surface area contributed by atoms with Crippen LogP contribution in [0.15, 0.2) is 48.5 Å². The van der Waals surface area contributed by atoms with Gasteiger partial charge in [-0.15, -0.1) is 0 Å². The molecule has 0 spiro atoms. The zero-order chi connectivity index (χ0) is 21.3. The van der Waals surface area contributed by atoms with Crippen molar-refractivity contribution in [2.45, 2.75) is 44.1 Å². The number of para-hydroxylation sites is 2. The highest BCUT2D eigenvalue weighted by Gasteiger charge is 2.47. The molecule has 0 radical (unpaired) electrons. The monoisotopic (exact) mass is 410 g/mol. The smallest absolute Gasteiger partial charge is 0.317 e. The van der Waals surface area contributed by atoms with Crippen molar-refractivity contribution in [2.75, 3.05) is 16.8 Å². The molecule has 1 fully saturated rings. The molecule has 6 nitrogen and oxygen atoms in total. The lowest BCUT2D eigenvalue weighted by atomic mass is 9.78. The summed E-state index contributed by atoms with van der Waals surface area (Å²) >= 11 is 0. The quantitative estimate of drug-likeness (QED) is 0.782. The van der Waals surface area contributed by atoms with E-state index in [0.29, 0.717) is 29.8 Å². The molecular formula is C23H23FN2O4. The summed E-state index contributed by atoms with van der Waals surface area (Å²) in [4.78, 5) is 39.6. The van der Waals surface area contributed by atoms with E-state index in [1.54, 1.807) is 42.5 Å². The van der Waals surface area contributed by atoms with Crippen LogP contribution in [0.4, 0.5) is 15.8 Å². The van der Waals surface area contributed by atoms with E-state index < -0.39 is 29.2 Å². The van der Waals surface area contributed by atoms with Crippen LogP contribution in [0, 0.1) is 5.82 Å². The minimum absolute atomic E-state index is 0.157. The summed E-state index contributed by atoms with van der Waals surface area (Å²) in [7, 11) is 0. The first-order valence-corrected chi connectivity index (χ1v) is 10.1. The number of carbonyl (C=O) groups is 3. The number of esters is 1. The fourth-order valence-electron chi connectivity index (χ4n) is 4.38. The number of hydrogen-bond acceptors (Lipinski definition) is 4. The Kier molecular flexibility index (Phi) is 5.28. The molecular weight excluding hydrogens is 387 g/mol. The summed E-state index contributed by atoms with van der Waals surface area (Å²) in [6.07, 6.45) is 1.41. The number of halogens is 1. The molecule has 4 rings (SSSR count). The highest BCUT2D eigenvalue weighted by Crippen LogP contribution is 2.43. The van der Waals surface area contributed by atoms with Gasteiger partial charge in [-0.3, -0.25) is 19.3 Å². The van der Waals surface area contributed by atoms with Gasteiger partial charge in [-0.25, -0.2) is 4.39 Å². The van der Waals surface area contributed by atoms with E-state index in [1.165, 1.54) is 17.9 Å². The Hall–Kier alpha value is -3.22. The van der Waals surface area contributed by atoms with E-state index in [4.69, 9.17) is 4.74 Å². The predicted octanol–water partition coefficient (Wildman–Crippen LogP) is 3.55. The lowest BCUT2D eigenvalue weighted by molar-refractivity contribution is -0.159. The molecule has 0 unspecified atom stereocenters. The molecule has 2 amide bonds. The summed E-state index contributed by atoms with van der Waals surface area (Å²) in [6.45, 7) is 1.33. The minimum atomic E-state index is -1.11. The Labute approximate surface area is 174 Å². The number of carbonyl (C=O) groups excluding carboxylic acids is 3. The van der Waals surface area contributed by atoms with E-state index in [-0.39, 0.29) is 12.5 Å². The Balaban J connectivity index is 1.57. The van der Waals surface area contributed by atoms with Crippen LogP contribution in [0.2, 0.25) is 0 Å². The maximum absolute atomic E-state index is 14.5. The molecule has 156 valence electrons. The second-order valence-corrected chi connectivity index (χ2v) is 7.81. The van der Waals surface area contributed by atoms with Gasteiger partial charge in [-0.1, -0.05) is 43.2 Å². The number of fused-ring (bicyclic) bond motifs is 1. The first kappa shape index (κ1) is 20.1. The SMILES string of the molecule is C[C@H](OC(=O)C1(c2ccccc2F)CCCC1)C(=O)N1CC(=O)Nc2ccccc21. The Morgan fingerprint density at radius 1 is 1.10 bits per heavy atom. The van der Waals surface area contributed by atoms with E-state index in [1.807, 2.05) is 0 Å². The van der Waals surface area contributed by atoms with Crippen molar-refractivity contribution >= 4 is 29.2 Å². The van der Waals surface area contributed by atoms with Crippen LogP contribution in [0.3, 0.4) is 0 Å². The number of ether oxygens (including phenoxy) is 1. The van der Waals surface area contributed by atoms with E-state index in [9.17, 15) is 18.8 Å². The lowest BCUT2D eigenvalue weighted by Crippen LogP contribution is -2.48. The standard InChI is InChI=1S/C23H23FN2O4/c1-15(21(28)26-14-20(27)25-18-10-4-5-11-19(18)26)30-22(29)23(12-6-7-13-23)16-8-2-3-9-17(16)24/h2-5,8-11,15H,6-7,12-14H2,1H3,(H,25,27)/t15-/m0/s1. The molecule has 0 aromatic heterocycles. The van der Waals surface area contributed by atoms with Crippen LogP contribution >= 0.6 is 0 Å². The number of rotatable bonds is 4. The van der Waals surface area contributed by atoms with Crippen LogP contribution in [0.25, 0.3) is 0 Å². The fraction of sp³-hybridized carbons (Fsp3) is 0.348. The number of nitrogens with zero attached hydrogens (tertiary/aromatic N) is 1. The van der Waals surface area contributed by atoms with Crippen LogP contribution in [0.5, 0.6) is 0 Å². The van der Waals surface area contributed by atoms with Crippen molar-refractivity contribution in [3.63, 3.8) is 0 Å². The van der Waals surface area contributed by atoms with Crippen molar-refractivity contribution < 1.29 is 23.5 Å². The second-order valence-electron chi connectivity index (χ2n) is 7.81. The van der Waals surface area contributed by atoms with Gasteiger partial charge >= 0.3 is 5.97 Å². The van der Waals surface area contributed by atoms with Crippen LogP contribution in [0.1, 0.15) is 38.2 Å². The zero-order valence-corrected chi connectivity index (χ0v) is 16.7. The number of nitrogens with one attached hydrogen (secondary N) is 1. The molecule has 2 aromatic carbocycles. The zero-order valence-electron chi connectivity index (χ0n) is 16.7. The predicted molar refractivity (Wildman–Crippen MR) is 110 cm³/mol. The Morgan fingerprint density at radius 3 is 2.50 bits per heavy atom. The fourth-order valence-corrected chi connectivity index (χ4v) is 4.38. The molecule has 7 heteroatoms. The minimum Gasteiger partial charge on any atom is -0.452 e. The molecule has 1 aliphatic heterocycles. The number of anilines is 2. The third-order valence-electron chi connectivity index (χ3n) is 5.91. The van der Waals surface area contributed by atoms with Crippen LogP contribution < -0.4 is 10.2 Å². The highest BCUT2D eigenvalue weighted by molar-refractivity contribution is 6.11. The number of benzene rings is 2. The van der Waals surface area contributed by atoms with E-state index >= 15 is 0 Å². The Morgan fingerprint density at radius 2 is 1.77 bits per heavy atom. The largest absolute Gasteiger partial charge is 0.452 e. The van der Waals surface area contributed by atoms with Crippen molar-refractivity contribution in [1.29, 1.82) is 0 Å². The van der Waals surface area contributed by atoms with Crippen molar-refractivity contribution in [3.8, 4) is 0 Å². The number of hydrogen-bond donors (Lipinski definition) is 1. The van der Waals surface area contributed by atoms with Gasteiger partial charge < -0.3 is 10.1 Å². The summed E-state index contributed by atoms with van der Waals surface area (Å²) in [5.41, 5.74) is 0.306. The van der Waals surface area contributed by atoms with Crippen LogP contribution in [-0.4, -0.2) is 30.4 Å². The molecule has 1 N–H and O–H groups in total. The van der Waals surface area contributed by atoms with E-state index in [2.05, 4.69) is 5.32 Å². The second kappa shape index (κ2) is 7.89. The average Bonchev–Trinajstić information content (AvgIpc) is 3.24. The average molecular weight is 410 g/mol. The molecule has 30 heavy (non-hydrogen) atoms. The maximum atomic E-state index is 14.5. The summed E-state index contributed by atoms with van der Waals surface area (Å²) in [5.74, 6) is -1.86. The van der Waals surface area contributed by atoms with Gasteiger partial charge in [0.15, 0.2) is 6.10 Å². The first-order valence-electron chi connectivity index (χ1n) is 10.1. The van der Waals surface area contributed by atoms with Gasteiger partial charge in [0, 0.05) is 5.56 Å². The van der Waals surface area contributed by atoms with E-state index in [0.717, 1.165) is 12.8 Å². The van der Waals surface area contributed by atoms with Crippen molar-refractivity contribution in [1.82, 2.24) is 0 Å². The molecule has 0 saturated heterocycles. The summed E-state index contributed by atoms with van der Waals surface area (Å²) < 4.78 is 20.1. The highest BCUT2D eigenvalue weighted by atomic mass is 19.1. The third kappa shape index (κ3) is 3.44. The molecule has 2 aromatic rings. The number of amides is 2. The molecule has 1 saturated carbocycles. The van der Waals surface area contributed by atoms with Gasteiger partial charge in [0.2, 0.25) is 5.91 Å². The lowest BCUT2D eigenvalue weighted by Gasteiger charge is -2.33. The molecule has 1 atom stereocenters. The van der Waals surface area contributed by atoms with Gasteiger partial charge in [-0.2, -0.15) is 0 Å². The first-order chi connectivity index (χ1) is 14.4. The molecule has 2 aliphatic rings. The molecule has 1 aliphatic carbocycles. The normalized spacial score (nSPS) is 18.3. The summed E-state index contributed by atoms with van der Waals surface area (Å²) in [5, 5.41) is 2.72. The van der Waals surface area contributed by atoms with Crippen LogP contribution in [-0.2, 0) is 24.5 Å². The summed E-state index contributed by atoms with van der Waals surface area (Å²) in [6, 6.07) is 13.2. The van der Waals surface area contributed by atoms with Crippen molar-refractivity contribution in [2.24, 2.45) is 0 Å².